The van der Waals surface area contributed by atoms with E-state index in [1.165, 1.54) is 77.8 Å². The fourth-order valence-corrected chi connectivity index (χ4v) is 8.94. The van der Waals surface area contributed by atoms with Crippen LogP contribution >= 0.6 is 12.6 Å². The molecule has 10 rings (SSSR count). The molecule has 0 saturated heterocycles. The summed E-state index contributed by atoms with van der Waals surface area (Å²) < 4.78 is 2.37. The molecule has 2 aliphatic carbocycles. The summed E-state index contributed by atoms with van der Waals surface area (Å²) in [5, 5.41) is 2.54. The largest absolute Gasteiger partial charge is 0.313 e. The number of hydrogen-bond acceptors (Lipinski definition) is 2. The van der Waals surface area contributed by atoms with E-state index in [1.807, 2.05) is 6.07 Å². The minimum atomic E-state index is -0.0440. The van der Waals surface area contributed by atoms with Gasteiger partial charge in [-0.15, -0.1) is 12.6 Å². The van der Waals surface area contributed by atoms with E-state index < -0.39 is 0 Å². The van der Waals surface area contributed by atoms with Crippen molar-refractivity contribution < 1.29 is 0 Å². The van der Waals surface area contributed by atoms with Crippen LogP contribution in [0.5, 0.6) is 0 Å². The Morgan fingerprint density at radius 3 is 2.27 bits per heavy atom. The first-order valence-corrected chi connectivity index (χ1v) is 17.3. The number of benzene rings is 6. The molecule has 1 aromatic heterocycles. The molecule has 0 bridgehead atoms. The average Bonchev–Trinajstić information content (AvgIpc) is 3.70. The lowest BCUT2D eigenvalue weighted by atomic mass is 9.81. The van der Waals surface area contributed by atoms with Crippen molar-refractivity contribution in [2.45, 2.75) is 36.5 Å². The molecule has 0 radical (unpaired) electrons. The Hall–Kier alpha value is -5.25. The number of anilines is 2. The van der Waals surface area contributed by atoms with E-state index in [9.17, 15) is 0 Å². The van der Waals surface area contributed by atoms with Gasteiger partial charge in [0, 0.05) is 44.1 Å². The Balaban J connectivity index is 1.13. The predicted octanol–water partition coefficient (Wildman–Crippen LogP) is 12.0. The lowest BCUT2D eigenvalue weighted by Gasteiger charge is -2.27. The molecule has 6 aromatic carbocycles. The fraction of sp³-hybridized carbons (Fsp3) is 0.111. The van der Waals surface area contributed by atoms with Crippen molar-refractivity contribution in [2.24, 2.45) is 0 Å². The number of allylic oxidation sites excluding steroid dienone is 4. The minimum Gasteiger partial charge on any atom is -0.313 e. The lowest BCUT2D eigenvalue weighted by Crippen LogP contribution is -2.17. The number of thiol groups is 1. The van der Waals surface area contributed by atoms with E-state index in [-0.39, 0.29) is 11.3 Å². The van der Waals surface area contributed by atoms with E-state index in [0.717, 1.165) is 17.0 Å². The van der Waals surface area contributed by atoms with Crippen LogP contribution < -0.4 is 4.90 Å². The van der Waals surface area contributed by atoms with Gasteiger partial charge in [-0.1, -0.05) is 92.7 Å². The number of aromatic nitrogens is 1. The molecular formula is C45H34N2S. The molecule has 230 valence electrons. The van der Waals surface area contributed by atoms with Gasteiger partial charge in [0.15, 0.2) is 0 Å². The Morgan fingerprint density at radius 1 is 0.625 bits per heavy atom. The Morgan fingerprint density at radius 2 is 1.40 bits per heavy atom. The molecular weight excluding hydrogens is 601 g/mol. The zero-order valence-corrected chi connectivity index (χ0v) is 27.9. The van der Waals surface area contributed by atoms with E-state index in [0.29, 0.717) is 0 Å². The van der Waals surface area contributed by atoms with Gasteiger partial charge < -0.3 is 9.47 Å². The number of nitrogens with zero attached hydrogens (tertiary/aromatic N) is 2. The topological polar surface area (TPSA) is 8.17 Å². The molecule has 2 heterocycles. The van der Waals surface area contributed by atoms with Crippen LogP contribution in [0.15, 0.2) is 156 Å². The van der Waals surface area contributed by atoms with Gasteiger partial charge in [0.1, 0.15) is 0 Å². The highest BCUT2D eigenvalue weighted by atomic mass is 32.1. The highest BCUT2D eigenvalue weighted by Gasteiger charge is 2.42. The third kappa shape index (κ3) is 3.88. The third-order valence-electron chi connectivity index (χ3n) is 11.0. The quantitative estimate of drug-likeness (QED) is 0.190. The molecule has 3 aliphatic rings. The van der Waals surface area contributed by atoms with E-state index in [2.05, 4.69) is 175 Å². The summed E-state index contributed by atoms with van der Waals surface area (Å²) in [6.07, 6.45) is 5.70. The van der Waals surface area contributed by atoms with Crippen molar-refractivity contribution in [1.29, 1.82) is 0 Å². The van der Waals surface area contributed by atoms with E-state index >= 15 is 0 Å². The molecule has 0 fully saturated rings. The Bertz CT molecular complexity index is 2530. The van der Waals surface area contributed by atoms with Crippen molar-refractivity contribution in [2.75, 3.05) is 4.90 Å². The second-order valence-corrected chi connectivity index (χ2v) is 14.5. The highest BCUT2D eigenvalue weighted by Crippen LogP contribution is 2.58. The maximum atomic E-state index is 4.65. The third-order valence-corrected chi connectivity index (χ3v) is 11.3. The molecule has 48 heavy (non-hydrogen) atoms. The smallest absolute Gasteiger partial charge is 0.0541 e. The maximum Gasteiger partial charge on any atom is 0.0541 e. The van der Waals surface area contributed by atoms with Crippen LogP contribution in [0.3, 0.4) is 0 Å². The molecule has 1 aliphatic heterocycles. The second-order valence-electron chi connectivity index (χ2n) is 13.9. The van der Waals surface area contributed by atoms with Crippen molar-refractivity contribution >= 4 is 51.4 Å². The van der Waals surface area contributed by atoms with Gasteiger partial charge in [0.05, 0.1) is 16.7 Å². The lowest BCUT2D eigenvalue weighted by molar-refractivity contribution is 0.660. The predicted molar refractivity (Wildman–Crippen MR) is 204 cm³/mol. The first-order valence-electron chi connectivity index (χ1n) is 16.8. The molecule has 2 nitrogen and oxygen atoms in total. The zero-order chi connectivity index (χ0) is 32.1. The van der Waals surface area contributed by atoms with Gasteiger partial charge in [0.2, 0.25) is 0 Å². The van der Waals surface area contributed by atoms with Gasteiger partial charge in [-0.05, 0) is 112 Å². The summed E-state index contributed by atoms with van der Waals surface area (Å²) in [5.74, 6) is 0.275. The van der Waals surface area contributed by atoms with Crippen LogP contribution in [0.2, 0.25) is 0 Å². The fourth-order valence-electron chi connectivity index (χ4n) is 8.72. The molecule has 7 aromatic rings. The van der Waals surface area contributed by atoms with E-state index in [1.54, 1.807) is 0 Å². The van der Waals surface area contributed by atoms with Crippen LogP contribution in [0, 0.1) is 0 Å². The van der Waals surface area contributed by atoms with Crippen molar-refractivity contribution in [3.05, 3.63) is 174 Å². The first kappa shape index (κ1) is 27.8. The van der Waals surface area contributed by atoms with Gasteiger partial charge in [-0.25, -0.2) is 0 Å². The molecule has 0 saturated carbocycles. The van der Waals surface area contributed by atoms with Gasteiger partial charge >= 0.3 is 0 Å². The minimum absolute atomic E-state index is 0.0440. The van der Waals surface area contributed by atoms with Crippen molar-refractivity contribution in [1.82, 2.24) is 4.57 Å². The molecule has 0 amide bonds. The molecule has 1 unspecified atom stereocenters. The summed E-state index contributed by atoms with van der Waals surface area (Å²) >= 11 is 4.65. The molecule has 3 heteroatoms. The summed E-state index contributed by atoms with van der Waals surface area (Å²) in [7, 11) is 0. The van der Waals surface area contributed by atoms with E-state index in [4.69, 9.17) is 0 Å². The Labute approximate surface area is 286 Å². The van der Waals surface area contributed by atoms with Crippen molar-refractivity contribution in [3.8, 4) is 16.8 Å². The average molecular weight is 635 g/mol. The standard InChI is InChI=1S/C45H34N2S/c1-45(2)39-17-8-6-15-33(39)35-26-38-37-24-29(20-22-43(37)46(44(38)27-40(35)45)30-11-4-3-5-12-30)28-19-21-42-36(23-28)34-16-7-9-18-41(34)47(42)31-13-10-14-32(48)25-31/h3-23,25-27,37,48H,24H2,1-2H3. The van der Waals surface area contributed by atoms with Gasteiger partial charge in [0.25, 0.3) is 0 Å². The van der Waals surface area contributed by atoms with Crippen LogP contribution in [-0.2, 0) is 5.41 Å². The molecule has 0 N–H and O–H groups in total. The number of hydrogen-bond donors (Lipinski definition) is 1. The number of para-hydroxylation sites is 2. The normalized spacial score (nSPS) is 17.1. The van der Waals surface area contributed by atoms with Crippen LogP contribution in [0.25, 0.3) is 44.2 Å². The summed E-state index contributed by atoms with van der Waals surface area (Å²) in [6.45, 7) is 4.75. The van der Waals surface area contributed by atoms with Crippen molar-refractivity contribution in [3.63, 3.8) is 0 Å². The number of fused-ring (bicyclic) bond motifs is 9. The summed E-state index contributed by atoms with van der Waals surface area (Å²) in [4.78, 5) is 3.48. The number of rotatable bonds is 3. The summed E-state index contributed by atoms with van der Waals surface area (Å²) in [6, 6.07) is 49.1. The monoisotopic (exact) mass is 634 g/mol. The SMILES string of the molecule is CC1(C)c2ccccc2-c2cc3c(cc21)N(c1ccccc1)C1=CC=C(c2ccc4c(c2)c2ccccc2n4-c2cccc(S)c2)CC13. The van der Waals surface area contributed by atoms with Crippen LogP contribution in [-0.4, -0.2) is 4.57 Å². The van der Waals surface area contributed by atoms with Crippen LogP contribution in [0.4, 0.5) is 11.4 Å². The van der Waals surface area contributed by atoms with Gasteiger partial charge in [-0.2, -0.15) is 0 Å². The zero-order valence-electron chi connectivity index (χ0n) is 27.0. The summed E-state index contributed by atoms with van der Waals surface area (Å²) in [5.41, 5.74) is 17.1. The molecule has 0 spiro atoms. The first-order chi connectivity index (χ1) is 23.5. The second kappa shape index (κ2) is 10.1. The molecule has 1 atom stereocenters. The van der Waals surface area contributed by atoms with Crippen LogP contribution in [0.1, 0.15) is 48.4 Å². The van der Waals surface area contributed by atoms with Gasteiger partial charge in [-0.3, -0.25) is 0 Å². The highest BCUT2D eigenvalue weighted by molar-refractivity contribution is 7.80. The Kier molecular flexibility index (Phi) is 5.87. The maximum absolute atomic E-state index is 4.65.